The molecule has 0 radical (unpaired) electrons. The molecule has 1 unspecified atom stereocenters. The van der Waals surface area contributed by atoms with Crippen molar-refractivity contribution in [3.05, 3.63) is 41.1 Å². The van der Waals surface area contributed by atoms with Crippen molar-refractivity contribution in [1.82, 2.24) is 10.1 Å². The summed E-state index contributed by atoms with van der Waals surface area (Å²) in [5.74, 6) is 0.919. The molecule has 0 bridgehead atoms. The third-order valence-corrected chi connectivity index (χ3v) is 5.02. The van der Waals surface area contributed by atoms with Gasteiger partial charge in [-0.1, -0.05) is 16.8 Å². The summed E-state index contributed by atoms with van der Waals surface area (Å²) in [5.41, 5.74) is 2.22. The molecule has 4 rings (SSSR count). The Balaban J connectivity index is 1.80. The van der Waals surface area contributed by atoms with Crippen molar-refractivity contribution in [3.63, 3.8) is 0 Å². The van der Waals surface area contributed by atoms with Gasteiger partial charge in [-0.2, -0.15) is 0 Å². The highest BCUT2D eigenvalue weighted by Gasteiger charge is 2.48. The summed E-state index contributed by atoms with van der Waals surface area (Å²) < 4.78 is 4.99. The molecule has 2 aliphatic heterocycles. The fourth-order valence-corrected chi connectivity index (χ4v) is 3.85. The molecule has 0 aliphatic carbocycles. The van der Waals surface area contributed by atoms with E-state index in [1.54, 1.807) is 13.2 Å². The molecule has 6 heteroatoms. The lowest BCUT2D eigenvalue weighted by Gasteiger charge is -2.25. The minimum Gasteiger partial charge on any atom is -0.363 e. The molecule has 1 atom stereocenters. The van der Waals surface area contributed by atoms with Crippen LogP contribution in [-0.2, 0) is 10.2 Å². The van der Waals surface area contributed by atoms with E-state index < -0.39 is 0 Å². The summed E-state index contributed by atoms with van der Waals surface area (Å²) in [6, 6.07) is 7.80. The molecular formula is C16H16ClN3O2. The van der Waals surface area contributed by atoms with Crippen LogP contribution in [0, 0.1) is 0 Å². The SMILES string of the molecule is CC(=O)N1CCC2(C1)CN(c1ccon1)c1ccc(Cl)cc12. The highest BCUT2D eigenvalue weighted by molar-refractivity contribution is 6.30. The van der Waals surface area contributed by atoms with E-state index >= 15 is 0 Å². The monoisotopic (exact) mass is 317 g/mol. The third kappa shape index (κ3) is 1.92. The lowest BCUT2D eigenvalue weighted by atomic mass is 9.81. The zero-order valence-electron chi connectivity index (χ0n) is 12.3. The Morgan fingerprint density at radius 3 is 2.91 bits per heavy atom. The van der Waals surface area contributed by atoms with Gasteiger partial charge in [0.1, 0.15) is 6.26 Å². The van der Waals surface area contributed by atoms with Crippen molar-refractivity contribution in [1.29, 1.82) is 0 Å². The van der Waals surface area contributed by atoms with Gasteiger partial charge in [-0.3, -0.25) is 4.79 Å². The van der Waals surface area contributed by atoms with Crippen LogP contribution in [-0.4, -0.2) is 35.6 Å². The fraction of sp³-hybridized carbons (Fsp3) is 0.375. The van der Waals surface area contributed by atoms with Crippen molar-refractivity contribution in [3.8, 4) is 0 Å². The number of hydrogen-bond acceptors (Lipinski definition) is 4. The van der Waals surface area contributed by atoms with Gasteiger partial charge in [-0.05, 0) is 30.2 Å². The number of aromatic nitrogens is 1. The van der Waals surface area contributed by atoms with Crippen LogP contribution in [0.15, 0.2) is 35.1 Å². The van der Waals surface area contributed by atoms with E-state index in [4.69, 9.17) is 16.1 Å². The Kier molecular flexibility index (Phi) is 2.94. The van der Waals surface area contributed by atoms with Crippen molar-refractivity contribution >= 4 is 29.0 Å². The van der Waals surface area contributed by atoms with Gasteiger partial charge in [0.2, 0.25) is 5.91 Å². The van der Waals surface area contributed by atoms with Crippen LogP contribution in [0.25, 0.3) is 0 Å². The second kappa shape index (κ2) is 4.74. The molecule has 2 aromatic rings. The number of likely N-dealkylation sites (tertiary alicyclic amines) is 1. The molecule has 1 fully saturated rings. The number of anilines is 2. The van der Waals surface area contributed by atoms with Crippen molar-refractivity contribution in [2.75, 3.05) is 24.5 Å². The molecule has 1 amide bonds. The van der Waals surface area contributed by atoms with E-state index in [0.29, 0.717) is 0 Å². The van der Waals surface area contributed by atoms with Gasteiger partial charge in [-0.25, -0.2) is 0 Å². The molecule has 5 nitrogen and oxygen atoms in total. The van der Waals surface area contributed by atoms with Gasteiger partial charge in [-0.15, -0.1) is 0 Å². The van der Waals surface area contributed by atoms with Gasteiger partial charge < -0.3 is 14.3 Å². The second-order valence-electron chi connectivity index (χ2n) is 6.08. The Hall–Kier alpha value is -2.01. The van der Waals surface area contributed by atoms with Crippen LogP contribution in [0.3, 0.4) is 0 Å². The maximum absolute atomic E-state index is 11.7. The van der Waals surface area contributed by atoms with E-state index in [0.717, 1.165) is 42.6 Å². The molecule has 22 heavy (non-hydrogen) atoms. The molecular weight excluding hydrogens is 302 g/mol. The number of nitrogens with zero attached hydrogens (tertiary/aromatic N) is 3. The number of amides is 1. The maximum atomic E-state index is 11.7. The summed E-state index contributed by atoms with van der Waals surface area (Å²) in [7, 11) is 0. The van der Waals surface area contributed by atoms with Crippen LogP contribution >= 0.6 is 11.6 Å². The number of rotatable bonds is 1. The average molecular weight is 318 g/mol. The van der Waals surface area contributed by atoms with Gasteiger partial charge in [0.25, 0.3) is 0 Å². The predicted octanol–water partition coefficient (Wildman–Crippen LogP) is 2.97. The fourth-order valence-electron chi connectivity index (χ4n) is 3.68. The molecule has 2 aliphatic rings. The van der Waals surface area contributed by atoms with Crippen LogP contribution in [0.1, 0.15) is 18.9 Å². The van der Waals surface area contributed by atoms with Gasteiger partial charge in [0.05, 0.1) is 0 Å². The minimum absolute atomic E-state index is 0.0785. The van der Waals surface area contributed by atoms with Crippen molar-refractivity contribution < 1.29 is 9.32 Å². The Morgan fingerprint density at radius 1 is 1.36 bits per heavy atom. The normalized spacial score (nSPS) is 23.4. The van der Waals surface area contributed by atoms with E-state index in [1.165, 1.54) is 5.56 Å². The van der Waals surface area contributed by atoms with E-state index in [9.17, 15) is 4.79 Å². The molecule has 1 saturated heterocycles. The van der Waals surface area contributed by atoms with Crippen LogP contribution < -0.4 is 4.90 Å². The first-order chi connectivity index (χ1) is 10.6. The predicted molar refractivity (Wildman–Crippen MR) is 83.5 cm³/mol. The first kappa shape index (κ1) is 13.6. The molecule has 1 aromatic heterocycles. The summed E-state index contributed by atoms with van der Waals surface area (Å²) in [4.78, 5) is 15.8. The van der Waals surface area contributed by atoms with Crippen LogP contribution in [0.5, 0.6) is 0 Å². The Bertz CT molecular complexity index is 731. The minimum atomic E-state index is -0.0785. The zero-order chi connectivity index (χ0) is 15.3. The van der Waals surface area contributed by atoms with Gasteiger partial charge >= 0.3 is 0 Å². The highest BCUT2D eigenvalue weighted by atomic mass is 35.5. The number of carbonyl (C=O) groups is 1. The van der Waals surface area contributed by atoms with E-state index in [2.05, 4.69) is 10.1 Å². The first-order valence-electron chi connectivity index (χ1n) is 7.33. The second-order valence-corrected chi connectivity index (χ2v) is 6.51. The molecule has 0 saturated carbocycles. The molecule has 114 valence electrons. The molecule has 1 aromatic carbocycles. The number of halogens is 1. The Labute approximate surface area is 133 Å². The van der Waals surface area contributed by atoms with Crippen LogP contribution in [0.4, 0.5) is 11.5 Å². The first-order valence-corrected chi connectivity index (χ1v) is 7.70. The van der Waals surface area contributed by atoms with Crippen molar-refractivity contribution in [2.24, 2.45) is 0 Å². The van der Waals surface area contributed by atoms with Gasteiger partial charge in [0, 0.05) is 48.7 Å². The molecule has 1 spiro atoms. The zero-order valence-corrected chi connectivity index (χ0v) is 13.0. The third-order valence-electron chi connectivity index (χ3n) is 4.78. The summed E-state index contributed by atoms with van der Waals surface area (Å²) in [5, 5.41) is 4.79. The Morgan fingerprint density at radius 2 is 2.23 bits per heavy atom. The number of fused-ring (bicyclic) bond motifs is 2. The number of hydrogen-bond donors (Lipinski definition) is 0. The summed E-state index contributed by atoms with van der Waals surface area (Å²) in [6.45, 7) is 3.93. The average Bonchev–Trinajstić information content (AvgIpc) is 3.20. The molecule has 0 N–H and O–H groups in total. The van der Waals surface area contributed by atoms with E-state index in [1.807, 2.05) is 29.2 Å². The summed E-state index contributed by atoms with van der Waals surface area (Å²) >= 11 is 6.22. The van der Waals surface area contributed by atoms with E-state index in [-0.39, 0.29) is 11.3 Å². The lowest BCUT2D eigenvalue weighted by molar-refractivity contribution is -0.127. The van der Waals surface area contributed by atoms with Crippen molar-refractivity contribution in [2.45, 2.75) is 18.8 Å². The maximum Gasteiger partial charge on any atom is 0.219 e. The summed E-state index contributed by atoms with van der Waals surface area (Å²) in [6.07, 6.45) is 2.51. The smallest absolute Gasteiger partial charge is 0.219 e. The number of carbonyl (C=O) groups excluding carboxylic acids is 1. The lowest BCUT2D eigenvalue weighted by Crippen LogP contribution is -2.36. The highest BCUT2D eigenvalue weighted by Crippen LogP contribution is 2.49. The standard InChI is InChI=1S/C16H16ClN3O2/c1-11(21)19-6-5-16(9-19)10-20(15-4-7-22-18-15)14-3-2-12(17)8-13(14)16/h2-4,7-8H,5-6,9-10H2,1H3. The van der Waals surface area contributed by atoms with Gasteiger partial charge in [0.15, 0.2) is 5.82 Å². The quantitative estimate of drug-likeness (QED) is 0.811. The largest absolute Gasteiger partial charge is 0.363 e. The topological polar surface area (TPSA) is 49.6 Å². The van der Waals surface area contributed by atoms with Crippen LogP contribution in [0.2, 0.25) is 5.02 Å². The number of benzene rings is 1. The molecule has 3 heterocycles.